The number of aromatic nitrogens is 1. The minimum atomic E-state index is -3.47. The van der Waals surface area contributed by atoms with Crippen LogP contribution in [0.25, 0.3) is 10.9 Å². The van der Waals surface area contributed by atoms with Gasteiger partial charge in [0, 0.05) is 31.6 Å². The van der Waals surface area contributed by atoms with Crippen molar-refractivity contribution in [3.8, 4) is 0 Å². The summed E-state index contributed by atoms with van der Waals surface area (Å²) >= 11 is 0. The number of rotatable bonds is 4. The van der Waals surface area contributed by atoms with E-state index in [2.05, 4.69) is 4.98 Å². The molecule has 2 aliphatic rings. The van der Waals surface area contributed by atoms with E-state index >= 15 is 0 Å². The number of carboxylic acids is 1. The van der Waals surface area contributed by atoms with Crippen LogP contribution in [-0.2, 0) is 14.8 Å². The largest absolute Gasteiger partial charge is 0.481 e. The van der Waals surface area contributed by atoms with E-state index in [0.717, 1.165) is 43.4 Å². The van der Waals surface area contributed by atoms with E-state index in [-0.39, 0.29) is 5.92 Å². The average Bonchev–Trinajstić information content (AvgIpc) is 2.73. The van der Waals surface area contributed by atoms with Gasteiger partial charge in [-0.05, 0) is 56.0 Å². The molecular formula is C20H25N3O4S. The monoisotopic (exact) mass is 403 g/mol. The fourth-order valence-corrected chi connectivity index (χ4v) is 5.62. The number of pyridine rings is 1. The third kappa shape index (κ3) is 3.71. The molecule has 0 aliphatic carbocycles. The van der Waals surface area contributed by atoms with Crippen LogP contribution in [0, 0.1) is 5.92 Å². The number of piperidine rings is 2. The van der Waals surface area contributed by atoms with Gasteiger partial charge < -0.3 is 10.0 Å². The van der Waals surface area contributed by atoms with E-state index in [0.29, 0.717) is 36.5 Å². The standard InChI is InChI=1S/C20H25N3O4S/c24-20(25)16-5-4-10-22(14-16)19-9-6-15-13-17(7-8-18(15)21-19)28(26,27)23-11-2-1-3-12-23/h6-9,13,16H,1-5,10-12,14H2,(H,24,25). The predicted molar refractivity (Wildman–Crippen MR) is 107 cm³/mol. The molecule has 1 aromatic carbocycles. The summed E-state index contributed by atoms with van der Waals surface area (Å²) in [6, 6.07) is 8.78. The second kappa shape index (κ2) is 7.67. The number of hydrogen-bond acceptors (Lipinski definition) is 5. The molecule has 8 heteroatoms. The van der Waals surface area contributed by atoms with Crippen molar-refractivity contribution in [3.05, 3.63) is 30.3 Å². The molecule has 1 N–H and O–H groups in total. The number of benzene rings is 1. The van der Waals surface area contributed by atoms with Crippen molar-refractivity contribution in [2.45, 2.75) is 37.0 Å². The molecule has 0 saturated carbocycles. The van der Waals surface area contributed by atoms with E-state index in [1.165, 1.54) is 0 Å². The molecule has 1 unspecified atom stereocenters. The number of fused-ring (bicyclic) bond motifs is 1. The summed E-state index contributed by atoms with van der Waals surface area (Å²) in [6.07, 6.45) is 4.41. The highest BCUT2D eigenvalue weighted by Crippen LogP contribution is 2.27. The highest BCUT2D eigenvalue weighted by molar-refractivity contribution is 7.89. The lowest BCUT2D eigenvalue weighted by molar-refractivity contribution is -0.141. The fourth-order valence-electron chi connectivity index (χ4n) is 4.07. The van der Waals surface area contributed by atoms with Crippen molar-refractivity contribution in [3.63, 3.8) is 0 Å². The van der Waals surface area contributed by atoms with Gasteiger partial charge >= 0.3 is 5.97 Å². The first-order valence-corrected chi connectivity index (χ1v) is 11.3. The Morgan fingerprint density at radius 3 is 2.57 bits per heavy atom. The van der Waals surface area contributed by atoms with Crippen molar-refractivity contribution in [1.82, 2.24) is 9.29 Å². The summed E-state index contributed by atoms with van der Waals surface area (Å²) in [5, 5.41) is 10.1. The minimum absolute atomic E-state index is 0.306. The van der Waals surface area contributed by atoms with Gasteiger partial charge in [-0.15, -0.1) is 0 Å². The molecular weight excluding hydrogens is 378 g/mol. The predicted octanol–water partition coefficient (Wildman–Crippen LogP) is 2.71. The van der Waals surface area contributed by atoms with Crippen LogP contribution in [0.15, 0.2) is 35.2 Å². The topological polar surface area (TPSA) is 90.8 Å². The number of aliphatic carboxylic acids is 1. The highest BCUT2D eigenvalue weighted by atomic mass is 32.2. The molecule has 1 aromatic heterocycles. The number of carbonyl (C=O) groups is 1. The molecule has 2 fully saturated rings. The molecule has 0 spiro atoms. The SMILES string of the molecule is O=C(O)C1CCCN(c2ccc3cc(S(=O)(=O)N4CCCCC4)ccc3n2)C1. The smallest absolute Gasteiger partial charge is 0.308 e. The Hall–Kier alpha value is -2.19. The number of sulfonamides is 1. The third-order valence-electron chi connectivity index (χ3n) is 5.69. The number of carboxylic acid groups (broad SMARTS) is 1. The van der Waals surface area contributed by atoms with Gasteiger partial charge in [-0.1, -0.05) is 6.42 Å². The third-order valence-corrected chi connectivity index (χ3v) is 7.59. The molecule has 150 valence electrons. The lowest BCUT2D eigenvalue weighted by atomic mass is 9.98. The lowest BCUT2D eigenvalue weighted by Gasteiger charge is -2.31. The molecule has 0 amide bonds. The molecule has 4 rings (SSSR count). The summed E-state index contributed by atoms with van der Waals surface area (Å²) in [4.78, 5) is 18.3. The molecule has 2 aromatic rings. The summed E-state index contributed by atoms with van der Waals surface area (Å²) in [6.45, 7) is 2.40. The highest BCUT2D eigenvalue weighted by Gasteiger charge is 2.27. The summed E-state index contributed by atoms with van der Waals surface area (Å²) in [7, 11) is -3.47. The van der Waals surface area contributed by atoms with Crippen LogP contribution in [0.5, 0.6) is 0 Å². The average molecular weight is 404 g/mol. The van der Waals surface area contributed by atoms with Crippen LogP contribution in [0.2, 0.25) is 0 Å². The van der Waals surface area contributed by atoms with Gasteiger partial charge in [0.2, 0.25) is 10.0 Å². The van der Waals surface area contributed by atoms with Gasteiger partial charge in [-0.2, -0.15) is 4.31 Å². The van der Waals surface area contributed by atoms with Gasteiger partial charge in [0.15, 0.2) is 0 Å². The Labute approximate surface area is 165 Å². The number of nitrogens with zero attached hydrogens (tertiary/aromatic N) is 3. The first-order chi connectivity index (χ1) is 13.4. The lowest BCUT2D eigenvalue weighted by Crippen LogP contribution is -2.39. The van der Waals surface area contributed by atoms with Crippen molar-refractivity contribution in [2.24, 2.45) is 5.92 Å². The van der Waals surface area contributed by atoms with Crippen LogP contribution >= 0.6 is 0 Å². The first kappa shape index (κ1) is 19.1. The van der Waals surface area contributed by atoms with Gasteiger partial charge in [0.1, 0.15) is 5.82 Å². The number of anilines is 1. The maximum atomic E-state index is 12.9. The van der Waals surface area contributed by atoms with Crippen LogP contribution in [-0.4, -0.2) is 55.0 Å². The van der Waals surface area contributed by atoms with Crippen LogP contribution in [0.1, 0.15) is 32.1 Å². The molecule has 2 aliphatic heterocycles. The Kier molecular flexibility index (Phi) is 5.25. The van der Waals surface area contributed by atoms with Crippen LogP contribution < -0.4 is 4.90 Å². The van der Waals surface area contributed by atoms with E-state index in [1.807, 2.05) is 17.0 Å². The molecule has 28 heavy (non-hydrogen) atoms. The molecule has 2 saturated heterocycles. The zero-order valence-electron chi connectivity index (χ0n) is 15.7. The summed E-state index contributed by atoms with van der Waals surface area (Å²) in [5.74, 6) is -0.397. The van der Waals surface area contributed by atoms with Crippen molar-refractivity contribution in [1.29, 1.82) is 0 Å². The zero-order chi connectivity index (χ0) is 19.7. The fraction of sp³-hybridized carbons (Fsp3) is 0.500. The maximum Gasteiger partial charge on any atom is 0.308 e. The van der Waals surface area contributed by atoms with Gasteiger partial charge in [0.25, 0.3) is 0 Å². The van der Waals surface area contributed by atoms with Crippen molar-refractivity contribution in [2.75, 3.05) is 31.1 Å². The Morgan fingerprint density at radius 2 is 1.82 bits per heavy atom. The maximum absolute atomic E-state index is 12.9. The minimum Gasteiger partial charge on any atom is -0.481 e. The number of hydrogen-bond donors (Lipinski definition) is 1. The molecule has 7 nitrogen and oxygen atoms in total. The normalized spacial score (nSPS) is 21.7. The van der Waals surface area contributed by atoms with E-state index < -0.39 is 16.0 Å². The van der Waals surface area contributed by atoms with E-state index in [1.54, 1.807) is 22.5 Å². The van der Waals surface area contributed by atoms with Crippen LogP contribution in [0.3, 0.4) is 0 Å². The second-order valence-electron chi connectivity index (χ2n) is 7.61. The molecule has 1 atom stereocenters. The molecule has 0 bridgehead atoms. The van der Waals surface area contributed by atoms with Crippen LogP contribution in [0.4, 0.5) is 5.82 Å². The summed E-state index contributed by atoms with van der Waals surface area (Å²) in [5.41, 5.74) is 0.715. The Morgan fingerprint density at radius 1 is 1.04 bits per heavy atom. The zero-order valence-corrected chi connectivity index (χ0v) is 16.6. The quantitative estimate of drug-likeness (QED) is 0.844. The van der Waals surface area contributed by atoms with Gasteiger partial charge in [-0.3, -0.25) is 4.79 Å². The first-order valence-electron chi connectivity index (χ1n) is 9.84. The molecule has 3 heterocycles. The van der Waals surface area contributed by atoms with Gasteiger partial charge in [0.05, 0.1) is 16.3 Å². The van der Waals surface area contributed by atoms with Crippen molar-refractivity contribution < 1.29 is 18.3 Å². The second-order valence-corrected chi connectivity index (χ2v) is 9.55. The molecule has 0 radical (unpaired) electrons. The Bertz CT molecular complexity index is 986. The van der Waals surface area contributed by atoms with Gasteiger partial charge in [-0.25, -0.2) is 13.4 Å². The van der Waals surface area contributed by atoms with E-state index in [4.69, 9.17) is 0 Å². The van der Waals surface area contributed by atoms with E-state index in [9.17, 15) is 18.3 Å². The van der Waals surface area contributed by atoms with Crippen molar-refractivity contribution >= 4 is 32.7 Å². The summed E-state index contributed by atoms with van der Waals surface area (Å²) < 4.78 is 27.3. The Balaban J connectivity index is 1.60.